The van der Waals surface area contributed by atoms with E-state index in [0.717, 1.165) is 26.5 Å². The van der Waals surface area contributed by atoms with Crippen LogP contribution in [0.25, 0.3) is 10.9 Å². The van der Waals surface area contributed by atoms with Gasteiger partial charge in [-0.05, 0) is 54.8 Å². The van der Waals surface area contributed by atoms with Crippen LogP contribution in [0.1, 0.15) is 11.3 Å². The van der Waals surface area contributed by atoms with Gasteiger partial charge in [0.1, 0.15) is 6.54 Å². The molecule has 0 radical (unpaired) electrons. The van der Waals surface area contributed by atoms with Crippen LogP contribution in [0, 0.1) is 18.3 Å². The molecule has 1 N–H and O–H groups in total. The number of rotatable bonds is 2. The molecule has 0 saturated heterocycles. The summed E-state index contributed by atoms with van der Waals surface area (Å²) in [5.41, 5.74) is 2.21. The second kappa shape index (κ2) is 7.91. The molecule has 3 rings (SSSR count). The van der Waals surface area contributed by atoms with Crippen LogP contribution in [0.5, 0.6) is 0 Å². The van der Waals surface area contributed by atoms with E-state index in [-0.39, 0.29) is 6.54 Å². The Kier molecular flexibility index (Phi) is 5.91. The molecular formula is C18H15ClN2O2S. The average molecular weight is 359 g/mol. The topological polar surface area (TPSA) is 66.0 Å². The standard InChI is InChI=1S/C12H10N2O2.C6H5ClS/c1-8-4-10-3-2-9(6-13)5-11(10)14(8)7-12(15)16;7-5-1-3-6(8)4-2-5/h2-5H,7H2,1H3,(H,15,16);1-4,8H. The van der Waals surface area contributed by atoms with Crippen molar-refractivity contribution >= 4 is 41.1 Å². The Morgan fingerprint density at radius 3 is 2.46 bits per heavy atom. The summed E-state index contributed by atoms with van der Waals surface area (Å²) < 4.78 is 1.69. The van der Waals surface area contributed by atoms with Crippen molar-refractivity contribution in [3.05, 3.63) is 64.8 Å². The first kappa shape index (κ1) is 17.9. The molecule has 0 spiro atoms. The minimum atomic E-state index is -0.886. The molecule has 6 heteroatoms. The summed E-state index contributed by atoms with van der Waals surface area (Å²) in [6.45, 7) is 1.78. The molecule has 4 nitrogen and oxygen atoms in total. The van der Waals surface area contributed by atoms with Crippen molar-refractivity contribution in [2.45, 2.75) is 18.4 Å². The minimum absolute atomic E-state index is 0.0792. The molecule has 0 unspecified atom stereocenters. The van der Waals surface area contributed by atoms with E-state index in [1.807, 2.05) is 49.4 Å². The molecule has 0 atom stereocenters. The molecule has 2 aromatic carbocycles. The van der Waals surface area contributed by atoms with Crippen LogP contribution in [0.4, 0.5) is 0 Å². The fraction of sp³-hybridized carbons (Fsp3) is 0.111. The number of halogens is 1. The van der Waals surface area contributed by atoms with Crippen molar-refractivity contribution in [3.8, 4) is 6.07 Å². The molecule has 3 aromatic rings. The summed E-state index contributed by atoms with van der Waals surface area (Å²) in [6, 6.07) is 16.6. The lowest BCUT2D eigenvalue weighted by Gasteiger charge is -2.04. The third-order valence-electron chi connectivity index (χ3n) is 3.36. The number of hydrogen-bond acceptors (Lipinski definition) is 3. The van der Waals surface area contributed by atoms with E-state index in [4.69, 9.17) is 22.0 Å². The highest BCUT2D eigenvalue weighted by molar-refractivity contribution is 7.80. The molecule has 0 aliphatic carbocycles. The van der Waals surface area contributed by atoms with E-state index < -0.39 is 5.97 Å². The third-order valence-corrected chi connectivity index (χ3v) is 3.91. The summed E-state index contributed by atoms with van der Waals surface area (Å²) in [7, 11) is 0. The SMILES string of the molecule is Cc1cc2ccc(C#N)cc2n1CC(=O)O.Sc1ccc(Cl)cc1. The Morgan fingerprint density at radius 1 is 1.25 bits per heavy atom. The van der Waals surface area contributed by atoms with Crippen LogP contribution in [0.15, 0.2) is 53.4 Å². The van der Waals surface area contributed by atoms with Crippen molar-refractivity contribution in [1.82, 2.24) is 4.57 Å². The molecule has 122 valence electrons. The van der Waals surface area contributed by atoms with E-state index in [9.17, 15) is 4.79 Å². The minimum Gasteiger partial charge on any atom is -0.480 e. The highest BCUT2D eigenvalue weighted by atomic mass is 35.5. The highest BCUT2D eigenvalue weighted by Crippen LogP contribution is 2.20. The number of carbonyl (C=O) groups is 1. The van der Waals surface area contributed by atoms with Crippen molar-refractivity contribution in [3.63, 3.8) is 0 Å². The maximum atomic E-state index is 10.7. The van der Waals surface area contributed by atoms with Gasteiger partial charge in [-0.15, -0.1) is 12.6 Å². The number of carboxylic acids is 1. The number of aliphatic carboxylic acids is 1. The van der Waals surface area contributed by atoms with Crippen LogP contribution in [0.2, 0.25) is 5.02 Å². The van der Waals surface area contributed by atoms with Gasteiger partial charge in [-0.3, -0.25) is 4.79 Å². The molecule has 1 heterocycles. The van der Waals surface area contributed by atoms with Gasteiger partial charge in [0.15, 0.2) is 0 Å². The van der Waals surface area contributed by atoms with E-state index in [0.29, 0.717) is 5.56 Å². The molecule has 0 fully saturated rings. The predicted molar refractivity (Wildman–Crippen MR) is 97.7 cm³/mol. The first-order valence-electron chi connectivity index (χ1n) is 7.07. The zero-order chi connectivity index (χ0) is 17.7. The van der Waals surface area contributed by atoms with Gasteiger partial charge in [-0.2, -0.15) is 5.26 Å². The number of thiol groups is 1. The van der Waals surface area contributed by atoms with Crippen molar-refractivity contribution in [1.29, 1.82) is 5.26 Å². The molecule has 0 aliphatic heterocycles. The van der Waals surface area contributed by atoms with E-state index in [1.165, 1.54) is 0 Å². The first-order valence-corrected chi connectivity index (χ1v) is 7.89. The monoisotopic (exact) mass is 358 g/mol. The summed E-state index contributed by atoms with van der Waals surface area (Å²) >= 11 is 9.65. The van der Waals surface area contributed by atoms with Gasteiger partial charge in [0.25, 0.3) is 0 Å². The lowest BCUT2D eigenvalue weighted by molar-refractivity contribution is -0.137. The van der Waals surface area contributed by atoms with Gasteiger partial charge in [0, 0.05) is 15.6 Å². The Balaban J connectivity index is 0.000000219. The van der Waals surface area contributed by atoms with Crippen LogP contribution >= 0.6 is 24.2 Å². The van der Waals surface area contributed by atoms with Crippen LogP contribution in [-0.4, -0.2) is 15.6 Å². The summed E-state index contributed by atoms with van der Waals surface area (Å²) in [6.07, 6.45) is 0. The van der Waals surface area contributed by atoms with Crippen LogP contribution in [-0.2, 0) is 11.3 Å². The van der Waals surface area contributed by atoms with Crippen molar-refractivity contribution in [2.75, 3.05) is 0 Å². The largest absolute Gasteiger partial charge is 0.480 e. The number of benzene rings is 2. The van der Waals surface area contributed by atoms with E-state index in [1.54, 1.807) is 16.7 Å². The van der Waals surface area contributed by atoms with Crippen LogP contribution in [0.3, 0.4) is 0 Å². The fourth-order valence-electron chi connectivity index (χ4n) is 2.25. The first-order chi connectivity index (χ1) is 11.4. The second-order valence-corrected chi connectivity index (χ2v) is 6.08. The summed E-state index contributed by atoms with van der Waals surface area (Å²) in [4.78, 5) is 11.7. The van der Waals surface area contributed by atoms with E-state index >= 15 is 0 Å². The molecule has 1 aromatic heterocycles. The molecule has 24 heavy (non-hydrogen) atoms. The lowest BCUT2D eigenvalue weighted by atomic mass is 10.2. The Bertz CT molecular complexity index is 890. The predicted octanol–water partition coefficient (Wildman–Crippen LogP) is 4.53. The molecule has 0 bridgehead atoms. The van der Waals surface area contributed by atoms with E-state index in [2.05, 4.69) is 12.6 Å². The van der Waals surface area contributed by atoms with Crippen molar-refractivity contribution in [2.24, 2.45) is 0 Å². The Morgan fingerprint density at radius 2 is 1.92 bits per heavy atom. The smallest absolute Gasteiger partial charge is 0.323 e. The summed E-state index contributed by atoms with van der Waals surface area (Å²) in [5.74, 6) is -0.886. The van der Waals surface area contributed by atoms with Crippen molar-refractivity contribution < 1.29 is 9.90 Å². The molecular weight excluding hydrogens is 344 g/mol. The number of aromatic nitrogens is 1. The van der Waals surface area contributed by atoms with Gasteiger partial charge < -0.3 is 9.67 Å². The highest BCUT2D eigenvalue weighted by Gasteiger charge is 2.09. The van der Waals surface area contributed by atoms with Gasteiger partial charge >= 0.3 is 5.97 Å². The van der Waals surface area contributed by atoms with Gasteiger partial charge in [-0.1, -0.05) is 17.7 Å². The van der Waals surface area contributed by atoms with Gasteiger partial charge in [-0.25, -0.2) is 0 Å². The fourth-order valence-corrected chi connectivity index (χ4v) is 2.52. The maximum absolute atomic E-state index is 10.7. The number of fused-ring (bicyclic) bond motifs is 1. The second-order valence-electron chi connectivity index (χ2n) is 5.13. The Hall–Kier alpha value is -2.42. The molecule has 0 saturated carbocycles. The molecule has 0 aliphatic rings. The quantitative estimate of drug-likeness (QED) is 0.661. The lowest BCUT2D eigenvalue weighted by Crippen LogP contribution is -2.09. The number of aryl methyl sites for hydroxylation is 1. The zero-order valence-electron chi connectivity index (χ0n) is 12.9. The number of hydrogen-bond donors (Lipinski definition) is 2. The van der Waals surface area contributed by atoms with Gasteiger partial charge in [0.05, 0.1) is 17.1 Å². The maximum Gasteiger partial charge on any atom is 0.323 e. The van der Waals surface area contributed by atoms with Crippen LogP contribution < -0.4 is 0 Å². The average Bonchev–Trinajstić information content (AvgIpc) is 2.85. The Labute approximate surface area is 150 Å². The number of nitrogens with zero attached hydrogens (tertiary/aromatic N) is 2. The normalized spacial score (nSPS) is 9.92. The third kappa shape index (κ3) is 4.54. The summed E-state index contributed by atoms with van der Waals surface area (Å²) in [5, 5.41) is 19.3. The number of nitriles is 1. The number of carboxylic acid groups (broad SMARTS) is 1. The molecule has 0 amide bonds. The van der Waals surface area contributed by atoms with Gasteiger partial charge in [0.2, 0.25) is 0 Å². The zero-order valence-corrected chi connectivity index (χ0v) is 14.6.